The van der Waals surface area contributed by atoms with Crippen LogP contribution in [-0.2, 0) is 10.0 Å². The average molecular weight is 266 g/mol. The van der Waals surface area contributed by atoms with E-state index in [1.54, 1.807) is 0 Å². The first-order valence-electron chi connectivity index (χ1n) is 5.66. The van der Waals surface area contributed by atoms with Crippen molar-refractivity contribution in [2.45, 2.75) is 30.2 Å². The lowest BCUT2D eigenvalue weighted by atomic mass is 10.4. The lowest BCUT2D eigenvalue weighted by molar-refractivity contribution is 0.411. The van der Waals surface area contributed by atoms with Gasteiger partial charge < -0.3 is 5.73 Å². The molecule has 1 aliphatic rings. The van der Waals surface area contributed by atoms with Gasteiger partial charge >= 0.3 is 0 Å². The molecule has 0 bridgehead atoms. The van der Waals surface area contributed by atoms with E-state index < -0.39 is 10.0 Å². The Morgan fingerprint density at radius 1 is 1.56 bits per heavy atom. The summed E-state index contributed by atoms with van der Waals surface area (Å²) in [4.78, 5) is 3.92. The number of anilines is 1. The molecule has 7 heteroatoms. The van der Waals surface area contributed by atoms with E-state index in [0.717, 1.165) is 12.8 Å². The summed E-state index contributed by atoms with van der Waals surface area (Å²) < 4.78 is 26.2. The summed E-state index contributed by atoms with van der Waals surface area (Å²) in [5.74, 6) is 0.173. The number of hydrogen-bond donors (Lipinski definition) is 1. The predicted molar refractivity (Wildman–Crippen MR) is 65.8 cm³/mol. The Hall–Kier alpha value is -1.65. The van der Waals surface area contributed by atoms with E-state index in [4.69, 9.17) is 11.0 Å². The smallest absolute Gasteiger partial charge is 0.243 e. The third-order valence-electron chi connectivity index (χ3n) is 2.76. The van der Waals surface area contributed by atoms with Crippen LogP contribution in [0.5, 0.6) is 0 Å². The molecule has 96 valence electrons. The molecule has 0 amide bonds. The summed E-state index contributed by atoms with van der Waals surface area (Å²) in [6, 6.07) is 4.77. The van der Waals surface area contributed by atoms with E-state index in [1.807, 2.05) is 6.07 Å². The first-order valence-corrected chi connectivity index (χ1v) is 7.10. The maximum Gasteiger partial charge on any atom is 0.243 e. The summed E-state index contributed by atoms with van der Waals surface area (Å²) in [5.41, 5.74) is 5.50. The Morgan fingerprint density at radius 3 is 2.83 bits per heavy atom. The van der Waals surface area contributed by atoms with Crippen molar-refractivity contribution in [3.05, 3.63) is 18.3 Å². The molecule has 1 fully saturated rings. The summed E-state index contributed by atoms with van der Waals surface area (Å²) >= 11 is 0. The molecule has 2 N–H and O–H groups in total. The molecule has 0 radical (unpaired) electrons. The van der Waals surface area contributed by atoms with Gasteiger partial charge in [0.1, 0.15) is 5.82 Å². The van der Waals surface area contributed by atoms with Crippen LogP contribution in [0.25, 0.3) is 0 Å². The fourth-order valence-electron chi connectivity index (χ4n) is 1.75. The number of nitriles is 1. The molecule has 0 aromatic carbocycles. The zero-order chi connectivity index (χ0) is 13.2. The lowest BCUT2D eigenvalue weighted by Crippen LogP contribution is -2.34. The number of sulfonamides is 1. The molecular weight excluding hydrogens is 252 g/mol. The second-order valence-corrected chi connectivity index (χ2v) is 6.06. The Labute approximate surface area is 106 Å². The van der Waals surface area contributed by atoms with Gasteiger partial charge in [-0.25, -0.2) is 13.4 Å². The first kappa shape index (κ1) is 12.8. The number of hydrogen-bond acceptors (Lipinski definition) is 5. The minimum atomic E-state index is -3.57. The van der Waals surface area contributed by atoms with Crippen molar-refractivity contribution in [3.63, 3.8) is 0 Å². The van der Waals surface area contributed by atoms with E-state index in [9.17, 15) is 8.42 Å². The zero-order valence-electron chi connectivity index (χ0n) is 9.78. The number of pyridine rings is 1. The highest BCUT2D eigenvalue weighted by atomic mass is 32.2. The minimum Gasteiger partial charge on any atom is -0.384 e. The van der Waals surface area contributed by atoms with Crippen LogP contribution in [0.1, 0.15) is 19.3 Å². The maximum absolute atomic E-state index is 12.4. The van der Waals surface area contributed by atoms with Gasteiger partial charge in [0, 0.05) is 31.3 Å². The molecule has 1 aromatic heterocycles. The molecule has 1 aromatic rings. The van der Waals surface area contributed by atoms with Crippen LogP contribution >= 0.6 is 0 Å². The van der Waals surface area contributed by atoms with Crippen molar-refractivity contribution in [2.24, 2.45) is 0 Å². The van der Waals surface area contributed by atoms with E-state index >= 15 is 0 Å². The maximum atomic E-state index is 12.4. The summed E-state index contributed by atoms with van der Waals surface area (Å²) in [7, 11) is -3.57. The van der Waals surface area contributed by atoms with Crippen LogP contribution in [0, 0.1) is 11.3 Å². The van der Waals surface area contributed by atoms with Crippen molar-refractivity contribution in [3.8, 4) is 6.07 Å². The molecule has 2 rings (SSSR count). The number of nitrogens with zero attached hydrogens (tertiary/aromatic N) is 3. The normalized spacial score (nSPS) is 15.6. The van der Waals surface area contributed by atoms with Crippen molar-refractivity contribution in [1.29, 1.82) is 5.26 Å². The van der Waals surface area contributed by atoms with Gasteiger partial charge in [-0.15, -0.1) is 0 Å². The zero-order valence-corrected chi connectivity index (χ0v) is 10.6. The first-order chi connectivity index (χ1) is 8.55. The van der Waals surface area contributed by atoms with Crippen LogP contribution in [-0.4, -0.2) is 30.3 Å². The van der Waals surface area contributed by atoms with Crippen LogP contribution in [0.4, 0.5) is 5.82 Å². The van der Waals surface area contributed by atoms with Gasteiger partial charge in [-0.2, -0.15) is 9.57 Å². The van der Waals surface area contributed by atoms with Crippen molar-refractivity contribution < 1.29 is 8.42 Å². The molecule has 0 atom stereocenters. The van der Waals surface area contributed by atoms with Crippen LogP contribution < -0.4 is 5.73 Å². The Morgan fingerprint density at radius 2 is 2.28 bits per heavy atom. The highest BCUT2D eigenvalue weighted by molar-refractivity contribution is 7.89. The molecule has 0 aliphatic heterocycles. The molecule has 1 aliphatic carbocycles. The highest BCUT2D eigenvalue weighted by Crippen LogP contribution is 2.32. The molecular formula is C11H14N4O2S. The Bertz CT molecular complexity index is 575. The summed E-state index contributed by atoms with van der Waals surface area (Å²) in [5, 5.41) is 8.60. The van der Waals surface area contributed by atoms with Crippen LogP contribution in [0.15, 0.2) is 23.2 Å². The van der Waals surface area contributed by atoms with Gasteiger partial charge in [-0.05, 0) is 18.9 Å². The minimum absolute atomic E-state index is 0.0257. The van der Waals surface area contributed by atoms with Gasteiger partial charge in [-0.1, -0.05) is 0 Å². The second kappa shape index (κ2) is 4.92. The second-order valence-electron chi connectivity index (χ2n) is 4.17. The van der Waals surface area contributed by atoms with Gasteiger partial charge in [0.05, 0.1) is 11.0 Å². The van der Waals surface area contributed by atoms with E-state index in [1.165, 1.54) is 22.6 Å². The number of rotatable bonds is 5. The van der Waals surface area contributed by atoms with Crippen LogP contribution in [0.2, 0.25) is 0 Å². The fourth-order valence-corrected chi connectivity index (χ4v) is 3.45. The van der Waals surface area contributed by atoms with Gasteiger partial charge in [0.25, 0.3) is 0 Å². The topological polar surface area (TPSA) is 100 Å². The monoisotopic (exact) mass is 266 g/mol. The fraction of sp³-hybridized carbons (Fsp3) is 0.455. The summed E-state index contributed by atoms with van der Waals surface area (Å²) in [6.45, 7) is 0.228. The molecule has 0 spiro atoms. The van der Waals surface area contributed by atoms with Gasteiger partial charge in [0.2, 0.25) is 10.0 Å². The van der Waals surface area contributed by atoms with Crippen molar-refractivity contribution in [1.82, 2.24) is 9.29 Å². The molecule has 0 saturated heterocycles. The number of aromatic nitrogens is 1. The Kier molecular flexibility index (Phi) is 3.50. The van der Waals surface area contributed by atoms with Crippen LogP contribution in [0.3, 0.4) is 0 Å². The van der Waals surface area contributed by atoms with Gasteiger partial charge in [0.15, 0.2) is 0 Å². The number of nitrogen functional groups attached to an aromatic ring is 1. The summed E-state index contributed by atoms with van der Waals surface area (Å²) in [6.07, 6.45) is 3.27. The molecule has 1 heterocycles. The van der Waals surface area contributed by atoms with Gasteiger partial charge in [-0.3, -0.25) is 0 Å². The molecule has 1 saturated carbocycles. The third-order valence-corrected chi connectivity index (χ3v) is 4.71. The predicted octanol–water partition coefficient (Wildman–Crippen LogP) is 0.731. The van der Waals surface area contributed by atoms with E-state index in [2.05, 4.69) is 4.98 Å². The quantitative estimate of drug-likeness (QED) is 0.846. The van der Waals surface area contributed by atoms with Crippen molar-refractivity contribution >= 4 is 15.8 Å². The lowest BCUT2D eigenvalue weighted by Gasteiger charge is -2.20. The Balaban J connectivity index is 2.30. The highest BCUT2D eigenvalue weighted by Gasteiger charge is 2.37. The largest absolute Gasteiger partial charge is 0.384 e. The molecule has 6 nitrogen and oxygen atoms in total. The molecule has 0 unspecified atom stereocenters. The van der Waals surface area contributed by atoms with E-state index in [0.29, 0.717) is 0 Å². The molecule has 18 heavy (non-hydrogen) atoms. The van der Waals surface area contributed by atoms with Crippen molar-refractivity contribution in [2.75, 3.05) is 12.3 Å². The van der Waals surface area contributed by atoms with E-state index in [-0.39, 0.29) is 29.7 Å². The SMILES string of the molecule is N#CCCN(C1CC1)S(=O)(=O)c1ccnc(N)c1. The number of nitrogens with two attached hydrogens (primary N) is 1. The standard InChI is InChI=1S/C11H14N4O2S/c12-5-1-7-15(9-2-3-9)18(16,17)10-4-6-14-11(13)8-10/h4,6,8-9H,1-3,7H2,(H2,13,14). The average Bonchev–Trinajstić information content (AvgIpc) is 3.14. The third kappa shape index (κ3) is 2.60.